The van der Waals surface area contributed by atoms with Gasteiger partial charge in [0.1, 0.15) is 0 Å². The molecule has 0 bridgehead atoms. The van der Waals surface area contributed by atoms with Crippen molar-refractivity contribution in [3.05, 3.63) is 36.0 Å². The summed E-state index contributed by atoms with van der Waals surface area (Å²) in [6.45, 7) is 2.94. The zero-order chi connectivity index (χ0) is 11.5. The van der Waals surface area contributed by atoms with E-state index in [0.717, 1.165) is 12.2 Å². The molecule has 0 aliphatic rings. The molecule has 0 spiro atoms. The normalized spacial score (nSPS) is 10.6. The molecule has 0 saturated carbocycles. The minimum absolute atomic E-state index is 0.197. The maximum Gasteiger partial charge on any atom is 0.311 e. The lowest BCUT2D eigenvalue weighted by molar-refractivity contribution is -0.139. The molecule has 0 saturated heterocycles. The lowest BCUT2D eigenvalue weighted by Gasteiger charge is -2.06. The molecule has 2 aromatic rings. The molecule has 84 valence electrons. The number of carbonyl (C=O) groups is 1. The molecule has 0 atom stereocenters. The van der Waals surface area contributed by atoms with Gasteiger partial charge in [0, 0.05) is 17.8 Å². The summed E-state index contributed by atoms with van der Waals surface area (Å²) in [6.07, 6.45) is 0.332. The summed E-state index contributed by atoms with van der Waals surface area (Å²) < 4.78 is 6.84. The predicted molar refractivity (Wildman–Crippen MR) is 63.3 cm³/mol. The van der Waals surface area contributed by atoms with Gasteiger partial charge in [-0.3, -0.25) is 4.79 Å². The first kappa shape index (κ1) is 10.7. The van der Waals surface area contributed by atoms with Crippen molar-refractivity contribution in [2.24, 2.45) is 0 Å². The number of ether oxygens (including phenoxy) is 1. The molecular formula is C13H15NO2. The largest absolute Gasteiger partial charge is 0.469 e. The average Bonchev–Trinajstić information content (AvgIpc) is 2.65. The molecule has 16 heavy (non-hydrogen) atoms. The second-order valence-electron chi connectivity index (χ2n) is 3.69. The van der Waals surface area contributed by atoms with E-state index in [-0.39, 0.29) is 5.97 Å². The highest BCUT2D eigenvalue weighted by molar-refractivity contribution is 5.83. The summed E-state index contributed by atoms with van der Waals surface area (Å²) in [5.74, 6) is -0.197. The first-order valence-electron chi connectivity index (χ1n) is 5.40. The second kappa shape index (κ2) is 4.39. The SMILES string of the molecule is CCn1c(CC(=O)OC)cc2ccccc21. The van der Waals surface area contributed by atoms with Gasteiger partial charge in [-0.1, -0.05) is 18.2 Å². The van der Waals surface area contributed by atoms with Crippen molar-refractivity contribution in [2.45, 2.75) is 19.9 Å². The van der Waals surface area contributed by atoms with Crippen LogP contribution in [0, 0.1) is 0 Å². The number of fused-ring (bicyclic) bond motifs is 1. The van der Waals surface area contributed by atoms with Crippen LogP contribution in [-0.4, -0.2) is 17.6 Å². The summed E-state index contributed by atoms with van der Waals surface area (Å²) in [6, 6.07) is 10.2. The van der Waals surface area contributed by atoms with E-state index in [1.807, 2.05) is 12.1 Å². The van der Waals surface area contributed by atoms with E-state index in [9.17, 15) is 4.79 Å². The maximum absolute atomic E-state index is 11.3. The fourth-order valence-corrected chi connectivity index (χ4v) is 2.01. The molecule has 3 nitrogen and oxygen atoms in total. The third kappa shape index (κ3) is 1.81. The number of nitrogens with zero attached hydrogens (tertiary/aromatic N) is 1. The van der Waals surface area contributed by atoms with Gasteiger partial charge in [-0.2, -0.15) is 0 Å². The number of rotatable bonds is 3. The number of carbonyl (C=O) groups excluding carboxylic acids is 1. The Morgan fingerprint density at radius 2 is 2.12 bits per heavy atom. The topological polar surface area (TPSA) is 31.2 Å². The highest BCUT2D eigenvalue weighted by Crippen LogP contribution is 2.20. The van der Waals surface area contributed by atoms with Crippen LogP contribution in [0.2, 0.25) is 0 Å². The minimum Gasteiger partial charge on any atom is -0.469 e. The van der Waals surface area contributed by atoms with E-state index in [0.29, 0.717) is 6.42 Å². The number of aromatic nitrogens is 1. The minimum atomic E-state index is -0.197. The first-order chi connectivity index (χ1) is 7.76. The lowest BCUT2D eigenvalue weighted by Crippen LogP contribution is -2.09. The lowest BCUT2D eigenvalue weighted by atomic mass is 10.2. The highest BCUT2D eigenvalue weighted by Gasteiger charge is 2.10. The second-order valence-corrected chi connectivity index (χ2v) is 3.69. The van der Waals surface area contributed by atoms with Crippen LogP contribution in [0.25, 0.3) is 10.9 Å². The van der Waals surface area contributed by atoms with Crippen molar-refractivity contribution in [1.29, 1.82) is 0 Å². The molecular weight excluding hydrogens is 202 g/mol. The first-order valence-corrected chi connectivity index (χ1v) is 5.40. The molecule has 0 fully saturated rings. The Morgan fingerprint density at radius 1 is 1.38 bits per heavy atom. The van der Waals surface area contributed by atoms with Gasteiger partial charge >= 0.3 is 5.97 Å². The van der Waals surface area contributed by atoms with Gasteiger partial charge in [-0.05, 0) is 24.4 Å². The Balaban J connectivity index is 2.48. The molecule has 0 aliphatic heterocycles. The summed E-state index contributed by atoms with van der Waals surface area (Å²) in [4.78, 5) is 11.3. The van der Waals surface area contributed by atoms with Crippen molar-refractivity contribution in [3.8, 4) is 0 Å². The van der Waals surface area contributed by atoms with Crippen LogP contribution in [0.5, 0.6) is 0 Å². The molecule has 0 radical (unpaired) electrons. The van der Waals surface area contributed by atoms with Gasteiger partial charge in [0.05, 0.1) is 13.5 Å². The van der Waals surface area contributed by atoms with Crippen molar-refractivity contribution in [1.82, 2.24) is 4.57 Å². The van der Waals surface area contributed by atoms with Crippen LogP contribution in [0.3, 0.4) is 0 Å². The molecule has 0 unspecified atom stereocenters. The molecule has 0 N–H and O–H groups in total. The number of para-hydroxylation sites is 1. The van der Waals surface area contributed by atoms with Crippen LogP contribution >= 0.6 is 0 Å². The van der Waals surface area contributed by atoms with Crippen LogP contribution in [-0.2, 0) is 22.5 Å². The standard InChI is InChI=1S/C13H15NO2/c1-3-14-11(9-13(15)16-2)8-10-6-4-5-7-12(10)14/h4-8H,3,9H2,1-2H3. The number of methoxy groups -OCH3 is 1. The average molecular weight is 217 g/mol. The number of benzene rings is 1. The van der Waals surface area contributed by atoms with E-state index in [1.165, 1.54) is 18.0 Å². The fourth-order valence-electron chi connectivity index (χ4n) is 2.01. The van der Waals surface area contributed by atoms with E-state index in [4.69, 9.17) is 4.74 Å². The van der Waals surface area contributed by atoms with Crippen molar-refractivity contribution >= 4 is 16.9 Å². The summed E-state index contributed by atoms with van der Waals surface area (Å²) in [5.41, 5.74) is 2.18. The molecule has 3 heteroatoms. The van der Waals surface area contributed by atoms with Crippen molar-refractivity contribution in [2.75, 3.05) is 7.11 Å². The van der Waals surface area contributed by atoms with Crippen LogP contribution < -0.4 is 0 Å². The number of hydrogen-bond donors (Lipinski definition) is 0. The van der Waals surface area contributed by atoms with E-state index < -0.39 is 0 Å². The van der Waals surface area contributed by atoms with Gasteiger partial charge in [0.2, 0.25) is 0 Å². The zero-order valence-electron chi connectivity index (χ0n) is 9.56. The Bertz CT molecular complexity index is 514. The Kier molecular flexibility index (Phi) is 2.95. The van der Waals surface area contributed by atoms with Gasteiger partial charge in [-0.15, -0.1) is 0 Å². The van der Waals surface area contributed by atoms with E-state index in [1.54, 1.807) is 0 Å². The zero-order valence-corrected chi connectivity index (χ0v) is 9.56. The van der Waals surface area contributed by atoms with Gasteiger partial charge in [-0.25, -0.2) is 0 Å². The molecule has 1 aromatic carbocycles. The molecule has 0 amide bonds. The van der Waals surface area contributed by atoms with E-state index >= 15 is 0 Å². The van der Waals surface area contributed by atoms with E-state index in [2.05, 4.69) is 29.7 Å². The van der Waals surface area contributed by atoms with Crippen molar-refractivity contribution < 1.29 is 9.53 Å². The monoisotopic (exact) mass is 217 g/mol. The number of aryl methyl sites for hydroxylation is 1. The van der Waals surface area contributed by atoms with Crippen LogP contribution in [0.4, 0.5) is 0 Å². The van der Waals surface area contributed by atoms with Gasteiger partial charge < -0.3 is 9.30 Å². The molecule has 1 heterocycles. The maximum atomic E-state index is 11.3. The summed E-state index contributed by atoms with van der Waals surface area (Å²) in [7, 11) is 1.42. The van der Waals surface area contributed by atoms with Gasteiger partial charge in [0.25, 0.3) is 0 Å². The Morgan fingerprint density at radius 3 is 2.81 bits per heavy atom. The predicted octanol–water partition coefficient (Wildman–Crippen LogP) is 2.38. The third-order valence-electron chi connectivity index (χ3n) is 2.77. The summed E-state index contributed by atoms with van der Waals surface area (Å²) in [5, 5.41) is 1.17. The van der Waals surface area contributed by atoms with Gasteiger partial charge in [0.15, 0.2) is 0 Å². The number of hydrogen-bond acceptors (Lipinski definition) is 2. The highest BCUT2D eigenvalue weighted by atomic mass is 16.5. The van der Waals surface area contributed by atoms with Crippen molar-refractivity contribution in [3.63, 3.8) is 0 Å². The fraction of sp³-hybridized carbons (Fsp3) is 0.308. The molecule has 0 aliphatic carbocycles. The quantitative estimate of drug-likeness (QED) is 0.739. The molecule has 1 aromatic heterocycles. The van der Waals surface area contributed by atoms with Crippen LogP contribution in [0.1, 0.15) is 12.6 Å². The smallest absolute Gasteiger partial charge is 0.311 e. The Labute approximate surface area is 94.6 Å². The summed E-state index contributed by atoms with van der Waals surface area (Å²) >= 11 is 0. The molecule has 2 rings (SSSR count). The Hall–Kier alpha value is -1.77. The van der Waals surface area contributed by atoms with Crippen LogP contribution in [0.15, 0.2) is 30.3 Å². The number of esters is 1. The third-order valence-corrected chi connectivity index (χ3v) is 2.77.